The average Bonchev–Trinajstić information content (AvgIpc) is 3.22. The topological polar surface area (TPSA) is 90.1 Å². The lowest BCUT2D eigenvalue weighted by atomic mass is 9.98. The Labute approximate surface area is 157 Å². The summed E-state index contributed by atoms with van der Waals surface area (Å²) in [6, 6.07) is 7.68. The van der Waals surface area contributed by atoms with Crippen LogP contribution < -0.4 is 4.90 Å². The van der Waals surface area contributed by atoms with Gasteiger partial charge in [-0.05, 0) is 31.0 Å². The Kier molecular flexibility index (Phi) is 5.34. The van der Waals surface area contributed by atoms with Crippen molar-refractivity contribution in [3.63, 3.8) is 0 Å². The Hall–Kier alpha value is -2.87. The maximum atomic E-state index is 5.48. The van der Waals surface area contributed by atoms with Crippen molar-refractivity contribution in [2.24, 2.45) is 0 Å². The highest BCUT2D eigenvalue weighted by atomic mass is 16.5. The highest BCUT2D eigenvalue weighted by molar-refractivity contribution is 5.55. The molecular weight excluding hydrogens is 344 g/mol. The second-order valence-corrected chi connectivity index (χ2v) is 6.53. The Bertz CT molecular complexity index is 869. The van der Waals surface area contributed by atoms with Gasteiger partial charge in [0.2, 0.25) is 11.8 Å². The van der Waals surface area contributed by atoms with Crippen LogP contribution in [0.4, 0.5) is 5.95 Å². The summed E-state index contributed by atoms with van der Waals surface area (Å²) < 4.78 is 10.6. The molecule has 0 bridgehead atoms. The molecule has 0 saturated carbocycles. The molecule has 4 rings (SSSR count). The smallest absolute Gasteiger partial charge is 0.231 e. The molecule has 0 N–H and O–H groups in total. The number of aromatic nitrogens is 5. The zero-order valence-electron chi connectivity index (χ0n) is 15.3. The molecule has 0 aliphatic carbocycles. The molecule has 8 nitrogen and oxygen atoms in total. The third-order valence-electron chi connectivity index (χ3n) is 4.64. The number of hydrogen-bond donors (Lipinski definition) is 0. The molecule has 4 heterocycles. The average molecular weight is 366 g/mol. The first-order valence-electron chi connectivity index (χ1n) is 9.14. The van der Waals surface area contributed by atoms with Gasteiger partial charge in [0.15, 0.2) is 5.82 Å². The van der Waals surface area contributed by atoms with Crippen molar-refractivity contribution >= 4 is 5.95 Å². The van der Waals surface area contributed by atoms with Crippen LogP contribution in [-0.4, -0.2) is 51.9 Å². The summed E-state index contributed by atoms with van der Waals surface area (Å²) in [6.45, 7) is 2.26. The number of ether oxygens (including phenoxy) is 1. The molecule has 1 atom stereocenters. The van der Waals surface area contributed by atoms with Crippen molar-refractivity contribution in [3.8, 4) is 11.4 Å². The Balaban J connectivity index is 1.49. The summed E-state index contributed by atoms with van der Waals surface area (Å²) in [4.78, 5) is 20.3. The summed E-state index contributed by atoms with van der Waals surface area (Å²) in [6.07, 6.45) is 6.25. The van der Waals surface area contributed by atoms with E-state index in [1.807, 2.05) is 24.3 Å². The van der Waals surface area contributed by atoms with Crippen LogP contribution in [0, 0.1) is 0 Å². The second-order valence-electron chi connectivity index (χ2n) is 6.53. The molecule has 0 aromatic carbocycles. The standard InChI is InChI=1S/C19H22N6O2/c1-26-12-8-17-23-18(27-24-17)14-5-4-11-25(13-14)19-21-10-7-16(22-19)15-6-2-3-9-20-15/h2-3,6-7,9-10,14H,4-5,8,11-13H2,1H3/t14-/m1/s1. The van der Waals surface area contributed by atoms with Crippen molar-refractivity contribution in [2.75, 3.05) is 31.7 Å². The molecular formula is C19H22N6O2. The van der Waals surface area contributed by atoms with Gasteiger partial charge < -0.3 is 14.2 Å². The minimum Gasteiger partial charge on any atom is -0.384 e. The lowest BCUT2D eigenvalue weighted by Crippen LogP contribution is -2.35. The number of piperidine rings is 1. The molecule has 3 aromatic rings. The van der Waals surface area contributed by atoms with Crippen LogP contribution in [0.2, 0.25) is 0 Å². The van der Waals surface area contributed by atoms with Crippen molar-refractivity contribution in [3.05, 3.63) is 48.4 Å². The van der Waals surface area contributed by atoms with Gasteiger partial charge in [0, 0.05) is 39.0 Å². The third kappa shape index (κ3) is 4.11. The summed E-state index contributed by atoms with van der Waals surface area (Å²) in [7, 11) is 1.67. The third-order valence-corrected chi connectivity index (χ3v) is 4.64. The molecule has 8 heteroatoms. The molecule has 140 valence electrons. The van der Waals surface area contributed by atoms with Crippen LogP contribution >= 0.6 is 0 Å². The lowest BCUT2D eigenvalue weighted by molar-refractivity contribution is 0.199. The Morgan fingerprint density at radius 1 is 1.15 bits per heavy atom. The highest BCUT2D eigenvalue weighted by Gasteiger charge is 2.27. The van der Waals surface area contributed by atoms with E-state index in [-0.39, 0.29) is 5.92 Å². The molecule has 1 aliphatic rings. The fourth-order valence-corrected chi connectivity index (χ4v) is 3.25. The predicted molar refractivity (Wildman–Crippen MR) is 99.3 cm³/mol. The van der Waals surface area contributed by atoms with E-state index >= 15 is 0 Å². The summed E-state index contributed by atoms with van der Waals surface area (Å²) in [5.74, 6) is 2.27. The molecule has 1 aliphatic heterocycles. The van der Waals surface area contributed by atoms with E-state index in [0.717, 1.165) is 37.3 Å². The number of anilines is 1. The van der Waals surface area contributed by atoms with E-state index in [1.54, 1.807) is 19.5 Å². The number of rotatable bonds is 6. The van der Waals surface area contributed by atoms with Crippen LogP contribution in [0.5, 0.6) is 0 Å². The fourth-order valence-electron chi connectivity index (χ4n) is 3.25. The van der Waals surface area contributed by atoms with Gasteiger partial charge in [0.25, 0.3) is 0 Å². The molecule has 0 spiro atoms. The van der Waals surface area contributed by atoms with E-state index in [4.69, 9.17) is 14.2 Å². The van der Waals surface area contributed by atoms with Gasteiger partial charge in [0.05, 0.1) is 23.9 Å². The Morgan fingerprint density at radius 2 is 2.11 bits per heavy atom. The summed E-state index contributed by atoms with van der Waals surface area (Å²) in [5.41, 5.74) is 1.66. The zero-order chi connectivity index (χ0) is 18.5. The summed E-state index contributed by atoms with van der Waals surface area (Å²) in [5, 5.41) is 4.06. The quantitative estimate of drug-likeness (QED) is 0.657. The SMILES string of the molecule is COCCc1noc([C@@H]2CCCN(c3nccc(-c4ccccn4)n3)C2)n1. The van der Waals surface area contributed by atoms with Gasteiger partial charge in [0.1, 0.15) is 0 Å². The van der Waals surface area contributed by atoms with Gasteiger partial charge in [-0.2, -0.15) is 4.98 Å². The lowest BCUT2D eigenvalue weighted by Gasteiger charge is -2.31. The first-order chi connectivity index (χ1) is 13.3. The van der Waals surface area contributed by atoms with E-state index in [1.165, 1.54) is 0 Å². The number of hydrogen-bond acceptors (Lipinski definition) is 8. The maximum absolute atomic E-state index is 5.48. The van der Waals surface area contributed by atoms with E-state index in [9.17, 15) is 0 Å². The van der Waals surface area contributed by atoms with Crippen molar-refractivity contribution in [2.45, 2.75) is 25.2 Å². The molecule has 1 fully saturated rings. The maximum Gasteiger partial charge on any atom is 0.231 e. The minimum atomic E-state index is 0.185. The van der Waals surface area contributed by atoms with Crippen molar-refractivity contribution in [1.82, 2.24) is 25.1 Å². The predicted octanol–water partition coefficient (Wildman–Crippen LogP) is 2.49. The second kappa shape index (κ2) is 8.22. The van der Waals surface area contributed by atoms with E-state index in [2.05, 4.69) is 25.0 Å². The molecule has 0 unspecified atom stereocenters. The van der Waals surface area contributed by atoms with Crippen LogP contribution in [0.3, 0.4) is 0 Å². The van der Waals surface area contributed by atoms with Gasteiger partial charge >= 0.3 is 0 Å². The summed E-state index contributed by atoms with van der Waals surface area (Å²) >= 11 is 0. The van der Waals surface area contributed by atoms with Gasteiger partial charge in [-0.3, -0.25) is 4.98 Å². The van der Waals surface area contributed by atoms with Crippen LogP contribution in [-0.2, 0) is 11.2 Å². The molecule has 0 radical (unpaired) electrons. The molecule has 27 heavy (non-hydrogen) atoms. The molecule has 3 aromatic heterocycles. The van der Waals surface area contributed by atoms with E-state index < -0.39 is 0 Å². The normalized spacial score (nSPS) is 17.2. The van der Waals surface area contributed by atoms with Gasteiger partial charge in [-0.25, -0.2) is 9.97 Å². The highest BCUT2D eigenvalue weighted by Crippen LogP contribution is 2.28. The molecule has 0 amide bonds. The van der Waals surface area contributed by atoms with Gasteiger partial charge in [-0.1, -0.05) is 11.2 Å². The first-order valence-corrected chi connectivity index (χ1v) is 9.14. The fraction of sp³-hybridized carbons (Fsp3) is 0.421. The van der Waals surface area contributed by atoms with Crippen LogP contribution in [0.15, 0.2) is 41.2 Å². The number of methoxy groups -OCH3 is 1. The largest absolute Gasteiger partial charge is 0.384 e. The number of pyridine rings is 1. The monoisotopic (exact) mass is 366 g/mol. The Morgan fingerprint density at radius 3 is 2.96 bits per heavy atom. The minimum absolute atomic E-state index is 0.185. The zero-order valence-corrected chi connectivity index (χ0v) is 15.3. The van der Waals surface area contributed by atoms with Crippen LogP contribution in [0.25, 0.3) is 11.4 Å². The van der Waals surface area contributed by atoms with Crippen molar-refractivity contribution in [1.29, 1.82) is 0 Å². The first kappa shape index (κ1) is 17.5. The number of nitrogens with zero attached hydrogens (tertiary/aromatic N) is 6. The molecule has 1 saturated heterocycles. The van der Waals surface area contributed by atoms with E-state index in [0.29, 0.717) is 30.7 Å². The van der Waals surface area contributed by atoms with Crippen LogP contribution in [0.1, 0.15) is 30.5 Å². The van der Waals surface area contributed by atoms with Gasteiger partial charge in [-0.15, -0.1) is 0 Å². The van der Waals surface area contributed by atoms with Crippen molar-refractivity contribution < 1.29 is 9.26 Å².